The van der Waals surface area contributed by atoms with E-state index in [9.17, 15) is 9.90 Å². The molecule has 0 aliphatic carbocycles. The van der Waals surface area contributed by atoms with E-state index in [0.717, 1.165) is 42.1 Å². The smallest absolute Gasteiger partial charge is 0.254 e. The fraction of sp³-hybridized carbons (Fsp3) is 0.500. The van der Waals surface area contributed by atoms with Crippen molar-refractivity contribution >= 4 is 16.7 Å². The number of aliphatic hydroxyl groups excluding tert-OH is 1. The summed E-state index contributed by atoms with van der Waals surface area (Å²) in [6.45, 7) is 4.36. The number of hydrogen-bond donors (Lipinski definition) is 3. The minimum absolute atomic E-state index is 0.00554. The van der Waals surface area contributed by atoms with E-state index >= 15 is 0 Å². The van der Waals surface area contributed by atoms with Crippen LogP contribution in [0.5, 0.6) is 0 Å². The van der Waals surface area contributed by atoms with Crippen LogP contribution in [0.4, 0.5) is 0 Å². The second-order valence-corrected chi connectivity index (χ2v) is 7.57. The third kappa shape index (κ3) is 4.67. The number of piperazine rings is 1. The van der Waals surface area contributed by atoms with Crippen LogP contribution in [0, 0.1) is 5.92 Å². The van der Waals surface area contributed by atoms with Crippen molar-refractivity contribution in [1.29, 1.82) is 0 Å². The van der Waals surface area contributed by atoms with Crippen LogP contribution < -0.4 is 11.1 Å². The molecular formula is C22H31N3O2. The first-order valence-electron chi connectivity index (χ1n) is 10.0. The lowest BCUT2D eigenvalue weighted by molar-refractivity contribution is 0.0664. The molecule has 1 saturated heterocycles. The van der Waals surface area contributed by atoms with Crippen molar-refractivity contribution in [3.63, 3.8) is 0 Å². The third-order valence-corrected chi connectivity index (χ3v) is 5.58. The van der Waals surface area contributed by atoms with Crippen molar-refractivity contribution in [2.75, 3.05) is 26.2 Å². The maximum absolute atomic E-state index is 13.3. The molecule has 0 saturated carbocycles. The van der Waals surface area contributed by atoms with Gasteiger partial charge in [0.2, 0.25) is 0 Å². The summed E-state index contributed by atoms with van der Waals surface area (Å²) in [4.78, 5) is 15.2. The van der Waals surface area contributed by atoms with Gasteiger partial charge in [-0.1, -0.05) is 49.7 Å². The van der Waals surface area contributed by atoms with Crippen LogP contribution in [-0.4, -0.2) is 54.2 Å². The van der Waals surface area contributed by atoms with Crippen molar-refractivity contribution in [3.8, 4) is 0 Å². The highest BCUT2D eigenvalue weighted by Gasteiger charge is 2.30. The van der Waals surface area contributed by atoms with Gasteiger partial charge in [0, 0.05) is 37.3 Å². The van der Waals surface area contributed by atoms with E-state index < -0.39 is 0 Å². The first-order chi connectivity index (χ1) is 13.1. The van der Waals surface area contributed by atoms with Gasteiger partial charge in [0.05, 0.1) is 6.61 Å². The third-order valence-electron chi connectivity index (χ3n) is 5.58. The Morgan fingerprint density at radius 3 is 2.85 bits per heavy atom. The van der Waals surface area contributed by atoms with Crippen LogP contribution in [0.25, 0.3) is 10.8 Å². The number of amides is 1. The molecule has 0 aromatic heterocycles. The number of carbonyl (C=O) groups is 1. The standard InChI is InChI=1S/C22H31N3O2/c1-2-6-17(13-18(23)15-26)21-14-25(12-11-24-21)22(27)20-10-5-8-16-7-3-4-9-19(16)20/h3-5,7-10,17-18,21,24,26H,2,6,11-15,23H2,1H3/t17?,18-,21-/m1/s1. The molecule has 1 amide bonds. The van der Waals surface area contributed by atoms with E-state index in [2.05, 4.69) is 12.2 Å². The number of benzene rings is 2. The van der Waals surface area contributed by atoms with Crippen molar-refractivity contribution in [1.82, 2.24) is 10.2 Å². The number of fused-ring (bicyclic) bond motifs is 1. The molecular weight excluding hydrogens is 338 g/mol. The molecule has 5 nitrogen and oxygen atoms in total. The SMILES string of the molecule is CCCC(C[C@@H](N)CO)[C@H]1CN(C(=O)c2cccc3ccccc23)CCN1. The molecule has 4 N–H and O–H groups in total. The van der Waals surface area contributed by atoms with Crippen LogP contribution >= 0.6 is 0 Å². The number of carbonyl (C=O) groups excluding carboxylic acids is 1. The average molecular weight is 370 g/mol. The molecule has 3 atom stereocenters. The van der Waals surface area contributed by atoms with Crippen LogP contribution in [0.3, 0.4) is 0 Å². The van der Waals surface area contributed by atoms with Gasteiger partial charge in [-0.3, -0.25) is 4.79 Å². The number of rotatable bonds is 7. The summed E-state index contributed by atoms with van der Waals surface area (Å²) < 4.78 is 0. The molecule has 3 rings (SSSR count). The van der Waals surface area contributed by atoms with Crippen molar-refractivity contribution in [2.24, 2.45) is 11.7 Å². The maximum atomic E-state index is 13.3. The summed E-state index contributed by atoms with van der Waals surface area (Å²) in [5.74, 6) is 0.459. The molecule has 1 aliphatic heterocycles. The number of hydrogen-bond acceptors (Lipinski definition) is 4. The second-order valence-electron chi connectivity index (χ2n) is 7.57. The summed E-state index contributed by atoms with van der Waals surface area (Å²) in [6.07, 6.45) is 2.89. The van der Waals surface area contributed by atoms with Crippen molar-refractivity contribution in [3.05, 3.63) is 48.0 Å². The lowest BCUT2D eigenvalue weighted by atomic mass is 9.87. The Kier molecular flexibility index (Phi) is 6.83. The fourth-order valence-corrected chi connectivity index (χ4v) is 4.18. The fourth-order valence-electron chi connectivity index (χ4n) is 4.18. The summed E-state index contributed by atoms with van der Waals surface area (Å²) in [7, 11) is 0. The molecule has 5 heteroatoms. The average Bonchev–Trinajstić information content (AvgIpc) is 2.72. The first-order valence-corrected chi connectivity index (χ1v) is 10.0. The Labute approximate surface area is 161 Å². The number of nitrogens with two attached hydrogens (primary N) is 1. The molecule has 2 aromatic rings. The van der Waals surface area contributed by atoms with Crippen LogP contribution in [0.1, 0.15) is 36.5 Å². The zero-order valence-electron chi connectivity index (χ0n) is 16.1. The number of nitrogens with one attached hydrogen (secondary N) is 1. The summed E-state index contributed by atoms with van der Waals surface area (Å²) in [5.41, 5.74) is 6.77. The summed E-state index contributed by atoms with van der Waals surface area (Å²) in [6, 6.07) is 14.0. The lowest BCUT2D eigenvalue weighted by Crippen LogP contribution is -2.56. The summed E-state index contributed by atoms with van der Waals surface area (Å²) >= 11 is 0. The lowest BCUT2D eigenvalue weighted by Gasteiger charge is -2.38. The highest BCUT2D eigenvalue weighted by molar-refractivity contribution is 6.07. The quantitative estimate of drug-likeness (QED) is 0.700. The van der Waals surface area contributed by atoms with Gasteiger partial charge >= 0.3 is 0 Å². The van der Waals surface area contributed by atoms with Gasteiger partial charge in [-0.25, -0.2) is 0 Å². The minimum Gasteiger partial charge on any atom is -0.395 e. The van der Waals surface area contributed by atoms with E-state index in [0.29, 0.717) is 19.0 Å². The normalized spacial score (nSPS) is 19.8. The Morgan fingerprint density at radius 1 is 1.30 bits per heavy atom. The van der Waals surface area contributed by atoms with Gasteiger partial charge in [-0.05, 0) is 35.6 Å². The minimum atomic E-state index is -0.201. The monoisotopic (exact) mass is 369 g/mol. The van der Waals surface area contributed by atoms with Crippen LogP contribution in [0.15, 0.2) is 42.5 Å². The van der Waals surface area contributed by atoms with Crippen molar-refractivity contribution in [2.45, 2.75) is 38.3 Å². The van der Waals surface area contributed by atoms with Crippen LogP contribution in [0.2, 0.25) is 0 Å². The molecule has 1 aliphatic rings. The van der Waals surface area contributed by atoms with Gasteiger partial charge in [0.1, 0.15) is 0 Å². The highest BCUT2D eigenvalue weighted by Crippen LogP contribution is 2.24. The molecule has 2 aromatic carbocycles. The molecule has 0 spiro atoms. The van der Waals surface area contributed by atoms with Crippen LogP contribution in [-0.2, 0) is 0 Å². The van der Waals surface area contributed by atoms with E-state index in [1.807, 2.05) is 47.4 Å². The molecule has 1 heterocycles. The second kappa shape index (κ2) is 9.31. The predicted octanol–water partition coefficient (Wildman–Crippen LogP) is 2.38. The topological polar surface area (TPSA) is 78.6 Å². The van der Waals surface area contributed by atoms with Gasteiger partial charge in [-0.2, -0.15) is 0 Å². The van der Waals surface area contributed by atoms with E-state index in [1.165, 1.54) is 0 Å². The van der Waals surface area contributed by atoms with Gasteiger partial charge in [-0.15, -0.1) is 0 Å². The predicted molar refractivity (Wildman–Crippen MR) is 110 cm³/mol. The molecule has 0 radical (unpaired) electrons. The Balaban J connectivity index is 1.77. The van der Waals surface area contributed by atoms with E-state index in [4.69, 9.17) is 5.73 Å². The largest absolute Gasteiger partial charge is 0.395 e. The van der Waals surface area contributed by atoms with Crippen molar-refractivity contribution < 1.29 is 9.90 Å². The molecule has 146 valence electrons. The first kappa shape index (κ1) is 19.8. The molecule has 0 bridgehead atoms. The zero-order valence-corrected chi connectivity index (χ0v) is 16.1. The van der Waals surface area contributed by atoms with Gasteiger partial charge in [0.25, 0.3) is 5.91 Å². The Hall–Kier alpha value is -1.95. The maximum Gasteiger partial charge on any atom is 0.254 e. The summed E-state index contributed by atoms with van der Waals surface area (Å²) in [5, 5.41) is 15.0. The Bertz CT molecular complexity index is 759. The zero-order chi connectivity index (χ0) is 19.2. The molecule has 1 unspecified atom stereocenters. The van der Waals surface area contributed by atoms with E-state index in [-0.39, 0.29) is 24.6 Å². The highest BCUT2D eigenvalue weighted by atomic mass is 16.3. The van der Waals surface area contributed by atoms with E-state index in [1.54, 1.807) is 0 Å². The molecule has 27 heavy (non-hydrogen) atoms. The Morgan fingerprint density at radius 2 is 2.07 bits per heavy atom. The van der Waals surface area contributed by atoms with Gasteiger partial charge in [0.15, 0.2) is 0 Å². The number of nitrogens with zero attached hydrogens (tertiary/aromatic N) is 1. The van der Waals surface area contributed by atoms with Gasteiger partial charge < -0.3 is 21.1 Å². The number of aliphatic hydroxyl groups is 1. The molecule has 1 fully saturated rings.